The largest absolute Gasteiger partial charge is 1.00 e. The van der Waals surface area contributed by atoms with E-state index in [9.17, 15) is 22.9 Å². The Labute approximate surface area is 256 Å². The molecule has 196 valence electrons. The molecular weight excluding hydrogens is 576 g/mol. The normalized spacial score (nSPS) is 11.4. The van der Waals surface area contributed by atoms with E-state index in [1.807, 2.05) is 0 Å². The van der Waals surface area contributed by atoms with E-state index in [-0.39, 0.29) is 51.5 Å². The molecule has 1 amide bonds. The van der Waals surface area contributed by atoms with Gasteiger partial charge in [0.05, 0.1) is 29.2 Å². The van der Waals surface area contributed by atoms with Crippen molar-refractivity contribution >= 4 is 67.1 Å². The van der Waals surface area contributed by atoms with Gasteiger partial charge in [0, 0.05) is 22.0 Å². The van der Waals surface area contributed by atoms with Gasteiger partial charge in [0.25, 0.3) is 16.0 Å². The molecule has 0 aliphatic rings. The molecule has 13 heteroatoms. The van der Waals surface area contributed by atoms with Crippen LogP contribution >= 0.6 is 23.2 Å². The monoisotopic (exact) mass is 595 g/mol. The first-order valence-corrected chi connectivity index (χ1v) is 13.3. The molecule has 0 saturated heterocycles. The predicted octanol–water partition coefficient (Wildman–Crippen LogP) is 3.71. The molecule has 4 aromatic rings. The second-order valence-electron chi connectivity index (χ2n) is 8.06. The van der Waals surface area contributed by atoms with Crippen LogP contribution in [0.3, 0.4) is 0 Å². The number of methoxy groups -OCH3 is 1. The average molecular weight is 596 g/mol. The summed E-state index contributed by atoms with van der Waals surface area (Å²) in [7, 11) is -3.21. The molecule has 0 fully saturated rings. The minimum Gasteiger partial charge on any atom is -0.870 e. The van der Waals surface area contributed by atoms with Crippen molar-refractivity contribution in [3.8, 4) is 11.5 Å². The molecule has 0 unspecified atom stereocenters. The first-order valence-electron chi connectivity index (χ1n) is 11.1. The van der Waals surface area contributed by atoms with Crippen molar-refractivity contribution < 1.29 is 57.2 Å². The molecule has 0 radical (unpaired) electrons. The third-order valence-electron chi connectivity index (χ3n) is 5.68. The van der Waals surface area contributed by atoms with Crippen LogP contribution in [0.25, 0.3) is 10.8 Å². The number of aryl methyl sites for hydroxylation is 1. The number of hydrogen-bond donors (Lipinski definition) is 2. The molecule has 0 atom stereocenters. The fraction of sp³-hybridized carbons (Fsp3) is 0.115. The summed E-state index contributed by atoms with van der Waals surface area (Å²) in [4.78, 5) is 12.6. The minimum atomic E-state index is -4.63. The third kappa shape index (κ3) is 6.72. The molecular formula is C26H20Cl2N3NaO6S. The Hall–Kier alpha value is -2.70. The predicted molar refractivity (Wildman–Crippen MR) is 144 cm³/mol. The number of benzene rings is 4. The maximum absolute atomic E-state index is 13.5. The Balaban J connectivity index is 0.00000420. The van der Waals surface area contributed by atoms with Gasteiger partial charge in [-0.05, 0) is 47.7 Å². The van der Waals surface area contributed by atoms with E-state index in [0.717, 1.165) is 6.07 Å². The van der Waals surface area contributed by atoms with Crippen LogP contribution in [0.1, 0.15) is 22.8 Å². The van der Waals surface area contributed by atoms with Crippen LogP contribution in [0.5, 0.6) is 11.5 Å². The van der Waals surface area contributed by atoms with Gasteiger partial charge in [0.15, 0.2) is 0 Å². The van der Waals surface area contributed by atoms with Gasteiger partial charge in [-0.15, -0.1) is 0 Å². The van der Waals surface area contributed by atoms with E-state index in [1.54, 1.807) is 43.3 Å². The van der Waals surface area contributed by atoms with Gasteiger partial charge >= 0.3 is 29.6 Å². The summed E-state index contributed by atoms with van der Waals surface area (Å²) in [5.74, 6) is -1.09. The number of nitrogens with zero attached hydrogens (tertiary/aromatic N) is 2. The standard InChI is InChI=1S/C26H21Cl2N3O6S.Na/c1-3-14-11-19(28)23(38(34,35)36)13-21(14)30-31-24-17-7-5-4-6-15(17)10-18(25(24)32)26(33)29-20-9-8-16(27)12-22(20)37-2;/h4-13,32H,3H2,1-2H3,(H,29,33)(H,34,35,36);/q;+1/p-1. The van der Waals surface area contributed by atoms with Gasteiger partial charge in [-0.2, -0.15) is 18.6 Å². The summed E-state index contributed by atoms with van der Waals surface area (Å²) >= 11 is 12.0. The van der Waals surface area contributed by atoms with Crippen LogP contribution < -0.4 is 44.7 Å². The molecule has 0 saturated carbocycles. The van der Waals surface area contributed by atoms with Crippen LogP contribution in [0.2, 0.25) is 10.0 Å². The summed E-state index contributed by atoms with van der Waals surface area (Å²) in [6.07, 6.45) is 0.413. The number of ether oxygens (including phenoxy) is 1. The van der Waals surface area contributed by atoms with Crippen molar-refractivity contribution in [2.75, 3.05) is 12.4 Å². The zero-order valence-electron chi connectivity index (χ0n) is 21.0. The van der Waals surface area contributed by atoms with Crippen LogP contribution in [0.4, 0.5) is 17.1 Å². The van der Waals surface area contributed by atoms with Crippen LogP contribution in [-0.4, -0.2) is 26.0 Å². The Kier molecular flexibility index (Phi) is 10.0. The maximum atomic E-state index is 13.5. The molecule has 0 aliphatic carbocycles. The number of hydrogen-bond acceptors (Lipinski definition) is 7. The summed E-state index contributed by atoms with van der Waals surface area (Å²) in [5.41, 5.74) is 0.617. The number of carbonyl (C=O) groups is 1. The first-order chi connectivity index (χ1) is 18.0. The van der Waals surface area contributed by atoms with Gasteiger partial charge < -0.3 is 15.2 Å². The summed E-state index contributed by atoms with van der Waals surface area (Å²) in [6.45, 7) is 1.79. The number of halogens is 2. The molecule has 2 N–H and O–H groups in total. The van der Waals surface area contributed by atoms with E-state index in [0.29, 0.717) is 39.2 Å². The third-order valence-corrected chi connectivity index (χ3v) is 7.23. The Morgan fingerprint density at radius 2 is 1.79 bits per heavy atom. The van der Waals surface area contributed by atoms with E-state index in [1.165, 1.54) is 25.3 Å². The molecule has 0 heterocycles. The number of carbonyl (C=O) groups excluding carboxylic acids is 1. The van der Waals surface area contributed by atoms with E-state index >= 15 is 0 Å². The fourth-order valence-electron chi connectivity index (χ4n) is 3.80. The molecule has 9 nitrogen and oxygen atoms in total. The van der Waals surface area contributed by atoms with E-state index in [4.69, 9.17) is 27.9 Å². The first kappa shape index (κ1) is 30.8. The van der Waals surface area contributed by atoms with Crippen molar-refractivity contribution in [1.29, 1.82) is 0 Å². The van der Waals surface area contributed by atoms with Gasteiger partial charge in [-0.1, -0.05) is 60.1 Å². The van der Waals surface area contributed by atoms with Gasteiger partial charge in [-0.25, -0.2) is 0 Å². The molecule has 0 spiro atoms. The van der Waals surface area contributed by atoms with E-state index < -0.39 is 26.7 Å². The van der Waals surface area contributed by atoms with Crippen molar-refractivity contribution in [3.63, 3.8) is 0 Å². The van der Waals surface area contributed by atoms with Gasteiger partial charge in [0.2, 0.25) is 0 Å². The van der Waals surface area contributed by atoms with Crippen LogP contribution in [-0.2, 0) is 16.5 Å². The van der Waals surface area contributed by atoms with Crippen LogP contribution in [0, 0.1) is 0 Å². The van der Waals surface area contributed by atoms with Crippen LogP contribution in [0.15, 0.2) is 75.8 Å². The van der Waals surface area contributed by atoms with Gasteiger partial charge in [0.1, 0.15) is 10.6 Å². The fourth-order valence-corrected chi connectivity index (χ4v) is 5.00. The minimum absolute atomic E-state index is 0. The quantitative estimate of drug-likeness (QED) is 0.189. The number of nitrogens with one attached hydrogen (secondary N) is 1. The molecule has 4 rings (SSSR count). The second kappa shape index (κ2) is 12.6. The number of fused-ring (bicyclic) bond motifs is 1. The average Bonchev–Trinajstić information content (AvgIpc) is 2.88. The second-order valence-corrected chi connectivity index (χ2v) is 10.3. The van der Waals surface area contributed by atoms with E-state index in [2.05, 4.69) is 15.5 Å². The Bertz CT molecular complexity index is 1710. The SMILES string of the molecule is CCc1cc(Cl)c(S(=O)(=O)O)cc1N=Nc1c([O-])c(C(=O)Nc2ccc(Cl)cc2OC)cc2ccccc12.[Na+]. The molecule has 39 heavy (non-hydrogen) atoms. The van der Waals surface area contributed by atoms with Gasteiger partial charge in [-0.3, -0.25) is 9.35 Å². The molecule has 0 bridgehead atoms. The molecule has 0 aromatic heterocycles. The van der Waals surface area contributed by atoms with Crippen molar-refractivity contribution in [2.24, 2.45) is 10.2 Å². The summed E-state index contributed by atoms with van der Waals surface area (Å²) in [6, 6.07) is 15.3. The van der Waals surface area contributed by atoms with Crippen molar-refractivity contribution in [1.82, 2.24) is 0 Å². The summed E-state index contributed by atoms with van der Waals surface area (Å²) < 4.78 is 38.2. The number of anilines is 1. The number of rotatable bonds is 7. The zero-order valence-corrected chi connectivity index (χ0v) is 25.4. The Morgan fingerprint density at radius 1 is 1.08 bits per heavy atom. The summed E-state index contributed by atoms with van der Waals surface area (Å²) in [5, 5.41) is 25.6. The smallest absolute Gasteiger partial charge is 0.870 e. The number of azo groups is 1. The van der Waals surface area contributed by atoms with Crippen molar-refractivity contribution in [2.45, 2.75) is 18.2 Å². The number of amides is 1. The molecule has 4 aromatic carbocycles. The topological polar surface area (TPSA) is 140 Å². The Morgan fingerprint density at radius 3 is 2.46 bits per heavy atom. The zero-order chi connectivity index (χ0) is 27.6. The molecule has 0 aliphatic heterocycles. The maximum Gasteiger partial charge on any atom is 1.00 e. The van der Waals surface area contributed by atoms with Crippen molar-refractivity contribution in [3.05, 3.63) is 81.8 Å².